The molecule has 0 fully saturated rings. The normalized spacial score (nSPS) is 11.9. The molecule has 3 aromatic carbocycles. The van der Waals surface area contributed by atoms with Crippen LogP contribution in [0, 0.1) is 12.7 Å². The Labute approximate surface area is 205 Å². The predicted octanol–water partition coefficient (Wildman–Crippen LogP) is 6.67. The van der Waals surface area contributed by atoms with Crippen molar-refractivity contribution in [2.75, 3.05) is 11.1 Å². The molecule has 170 valence electrons. The number of benzene rings is 3. The van der Waals surface area contributed by atoms with E-state index in [1.165, 1.54) is 23.9 Å². The molecular formula is C26H19ClFN3O2S. The lowest BCUT2D eigenvalue weighted by molar-refractivity contribution is -0.113. The van der Waals surface area contributed by atoms with Gasteiger partial charge in [0.2, 0.25) is 11.8 Å². The number of nitrogens with zero attached hydrogens (tertiary/aromatic N) is 2. The highest BCUT2D eigenvalue weighted by atomic mass is 35.5. The van der Waals surface area contributed by atoms with Gasteiger partial charge in [0.25, 0.3) is 0 Å². The number of hydrogen-bond acceptors (Lipinski definition) is 5. The topological polar surface area (TPSA) is 64.1 Å². The Kier molecular flexibility index (Phi) is 6.22. The summed E-state index contributed by atoms with van der Waals surface area (Å²) >= 11 is 7.30. The number of nitrogens with one attached hydrogen (secondary N) is 1. The molecule has 4 aromatic rings. The third-order valence-electron chi connectivity index (χ3n) is 5.31. The fourth-order valence-corrected chi connectivity index (χ4v) is 4.60. The van der Waals surface area contributed by atoms with Gasteiger partial charge in [-0.15, -0.1) is 0 Å². The quantitative estimate of drug-likeness (QED) is 0.220. The van der Waals surface area contributed by atoms with Crippen LogP contribution in [0.1, 0.15) is 16.7 Å². The highest BCUT2D eigenvalue weighted by Gasteiger charge is 2.25. The maximum absolute atomic E-state index is 13.9. The van der Waals surface area contributed by atoms with Gasteiger partial charge < -0.3 is 10.1 Å². The Balaban J connectivity index is 1.46. The van der Waals surface area contributed by atoms with Crippen LogP contribution in [-0.2, 0) is 11.2 Å². The molecule has 2 heterocycles. The predicted molar refractivity (Wildman–Crippen MR) is 132 cm³/mol. The fourth-order valence-electron chi connectivity index (χ4n) is 3.65. The lowest BCUT2D eigenvalue weighted by Crippen LogP contribution is -2.16. The zero-order valence-electron chi connectivity index (χ0n) is 18.1. The van der Waals surface area contributed by atoms with Gasteiger partial charge in [0.05, 0.1) is 17.0 Å². The Bertz CT molecular complexity index is 1400. The minimum absolute atomic E-state index is 0.0541. The van der Waals surface area contributed by atoms with Crippen LogP contribution in [0.15, 0.2) is 71.8 Å². The molecule has 0 atom stereocenters. The van der Waals surface area contributed by atoms with Crippen LogP contribution in [-0.4, -0.2) is 21.6 Å². The number of para-hydroxylation sites is 1. The number of ether oxygens (including phenoxy) is 1. The summed E-state index contributed by atoms with van der Waals surface area (Å²) in [5.74, 6) is 0.941. The SMILES string of the molecule is Cc1ccc2c(c1)Cc1c(nc(-c3ccc(Cl)cc3)nc1SCC(=O)Nc1ccccc1F)O2. The summed E-state index contributed by atoms with van der Waals surface area (Å²) in [6.07, 6.45) is 0.588. The van der Waals surface area contributed by atoms with E-state index in [0.29, 0.717) is 28.2 Å². The third kappa shape index (κ3) is 4.76. The van der Waals surface area contributed by atoms with E-state index in [1.807, 2.05) is 31.2 Å². The highest BCUT2D eigenvalue weighted by molar-refractivity contribution is 8.00. The van der Waals surface area contributed by atoms with Crippen LogP contribution < -0.4 is 10.1 Å². The van der Waals surface area contributed by atoms with E-state index in [9.17, 15) is 9.18 Å². The van der Waals surface area contributed by atoms with Crippen LogP contribution in [0.4, 0.5) is 10.1 Å². The number of anilines is 1. The number of thioether (sulfide) groups is 1. The Hall–Kier alpha value is -3.42. The first-order valence-corrected chi connectivity index (χ1v) is 11.9. The molecule has 0 spiro atoms. The maximum Gasteiger partial charge on any atom is 0.234 e. The first-order valence-electron chi connectivity index (χ1n) is 10.6. The molecule has 1 N–H and O–H groups in total. The number of rotatable bonds is 5. The molecule has 0 saturated carbocycles. The third-order valence-corrected chi connectivity index (χ3v) is 6.58. The van der Waals surface area contributed by atoms with Crippen LogP contribution >= 0.6 is 23.4 Å². The van der Waals surface area contributed by atoms with Gasteiger partial charge in [-0.05, 0) is 55.0 Å². The summed E-state index contributed by atoms with van der Waals surface area (Å²) in [7, 11) is 0. The van der Waals surface area contributed by atoms with Crippen molar-refractivity contribution in [2.24, 2.45) is 0 Å². The van der Waals surface area contributed by atoms with Crippen molar-refractivity contribution in [1.82, 2.24) is 9.97 Å². The van der Waals surface area contributed by atoms with E-state index in [4.69, 9.17) is 21.3 Å². The zero-order chi connectivity index (χ0) is 23.7. The van der Waals surface area contributed by atoms with Gasteiger partial charge in [0, 0.05) is 17.0 Å². The van der Waals surface area contributed by atoms with Crippen LogP contribution in [0.5, 0.6) is 11.6 Å². The second-order valence-electron chi connectivity index (χ2n) is 7.85. The van der Waals surface area contributed by atoms with Crippen molar-refractivity contribution < 1.29 is 13.9 Å². The van der Waals surface area contributed by atoms with E-state index in [1.54, 1.807) is 24.3 Å². The monoisotopic (exact) mass is 491 g/mol. The van der Waals surface area contributed by atoms with Gasteiger partial charge in [0.1, 0.15) is 16.6 Å². The van der Waals surface area contributed by atoms with Crippen molar-refractivity contribution in [2.45, 2.75) is 18.4 Å². The number of aryl methyl sites for hydroxylation is 1. The molecule has 0 aliphatic carbocycles. The van der Waals surface area contributed by atoms with E-state index >= 15 is 0 Å². The van der Waals surface area contributed by atoms with Crippen LogP contribution in [0.2, 0.25) is 5.02 Å². The molecule has 8 heteroatoms. The summed E-state index contributed by atoms with van der Waals surface area (Å²) in [5, 5.41) is 3.87. The Morgan fingerprint density at radius 3 is 2.71 bits per heavy atom. The first-order chi connectivity index (χ1) is 16.5. The lowest BCUT2D eigenvalue weighted by atomic mass is 10.0. The molecule has 0 saturated heterocycles. The molecule has 0 unspecified atom stereocenters. The summed E-state index contributed by atoms with van der Waals surface area (Å²) < 4.78 is 20.0. The fraction of sp³-hybridized carbons (Fsp3) is 0.115. The molecule has 1 amide bonds. The van der Waals surface area contributed by atoms with Crippen molar-refractivity contribution in [3.8, 4) is 23.0 Å². The van der Waals surface area contributed by atoms with Gasteiger partial charge in [-0.2, -0.15) is 4.98 Å². The van der Waals surface area contributed by atoms with Crippen molar-refractivity contribution in [1.29, 1.82) is 0 Å². The molecular weight excluding hydrogens is 473 g/mol. The molecule has 1 aromatic heterocycles. The summed E-state index contributed by atoms with van der Waals surface area (Å²) in [6.45, 7) is 2.03. The van der Waals surface area contributed by atoms with Gasteiger partial charge >= 0.3 is 0 Å². The second-order valence-corrected chi connectivity index (χ2v) is 9.25. The minimum Gasteiger partial charge on any atom is -0.438 e. The Morgan fingerprint density at radius 2 is 1.91 bits per heavy atom. The van der Waals surface area contributed by atoms with E-state index < -0.39 is 5.82 Å². The van der Waals surface area contributed by atoms with E-state index in [-0.39, 0.29) is 17.3 Å². The number of carbonyl (C=O) groups excluding carboxylic acids is 1. The number of aromatic nitrogens is 2. The number of halogens is 2. The van der Waals surface area contributed by atoms with E-state index in [2.05, 4.69) is 16.4 Å². The number of fused-ring (bicyclic) bond motifs is 2. The molecule has 0 radical (unpaired) electrons. The average Bonchev–Trinajstić information content (AvgIpc) is 2.83. The maximum atomic E-state index is 13.9. The number of carbonyl (C=O) groups is 1. The molecule has 34 heavy (non-hydrogen) atoms. The van der Waals surface area contributed by atoms with Crippen molar-refractivity contribution >= 4 is 35.0 Å². The largest absolute Gasteiger partial charge is 0.438 e. The van der Waals surface area contributed by atoms with Crippen molar-refractivity contribution in [3.05, 3.63) is 94.3 Å². The van der Waals surface area contributed by atoms with Gasteiger partial charge in [-0.25, -0.2) is 9.37 Å². The lowest BCUT2D eigenvalue weighted by Gasteiger charge is -2.22. The molecule has 1 aliphatic heterocycles. The summed E-state index contributed by atoms with van der Waals surface area (Å²) in [6, 6.07) is 19.3. The van der Waals surface area contributed by atoms with Crippen molar-refractivity contribution in [3.63, 3.8) is 0 Å². The van der Waals surface area contributed by atoms with Gasteiger partial charge in [0.15, 0.2) is 5.82 Å². The van der Waals surface area contributed by atoms with Gasteiger partial charge in [-0.1, -0.05) is 53.2 Å². The van der Waals surface area contributed by atoms with Gasteiger partial charge in [-0.3, -0.25) is 4.79 Å². The van der Waals surface area contributed by atoms with Crippen LogP contribution in [0.3, 0.4) is 0 Å². The summed E-state index contributed by atoms with van der Waals surface area (Å²) in [5.41, 5.74) is 3.91. The molecule has 1 aliphatic rings. The smallest absolute Gasteiger partial charge is 0.234 e. The van der Waals surface area contributed by atoms with E-state index in [0.717, 1.165) is 28.0 Å². The average molecular weight is 492 g/mol. The van der Waals surface area contributed by atoms with Crippen LogP contribution in [0.25, 0.3) is 11.4 Å². The first kappa shape index (κ1) is 22.4. The number of hydrogen-bond donors (Lipinski definition) is 1. The highest BCUT2D eigenvalue weighted by Crippen LogP contribution is 2.40. The zero-order valence-corrected chi connectivity index (χ0v) is 19.7. The molecule has 5 rings (SSSR count). The standard InChI is InChI=1S/C26H19ClFN3O2S/c1-15-6-11-22-17(12-15)13-19-25(33-22)30-24(16-7-9-18(27)10-8-16)31-26(19)34-14-23(32)29-21-5-3-2-4-20(21)28/h2-12H,13-14H2,1H3,(H,29,32). The minimum atomic E-state index is -0.481. The molecule has 0 bridgehead atoms. The summed E-state index contributed by atoms with van der Waals surface area (Å²) in [4.78, 5) is 22.0. The number of amides is 1. The second kappa shape index (κ2) is 9.44. The Morgan fingerprint density at radius 1 is 1.12 bits per heavy atom. The molecule has 5 nitrogen and oxygen atoms in total.